The van der Waals surface area contributed by atoms with Crippen molar-refractivity contribution < 1.29 is 17.9 Å². The second-order valence-electron chi connectivity index (χ2n) is 6.36. The molecule has 2 N–H and O–H groups in total. The molecule has 134 valence electrons. The summed E-state index contributed by atoms with van der Waals surface area (Å²) < 4.78 is 31.9. The van der Waals surface area contributed by atoms with Crippen LogP contribution in [-0.2, 0) is 14.8 Å². The third-order valence-electron chi connectivity index (χ3n) is 5.01. The number of fused-ring (bicyclic) bond motifs is 1. The minimum atomic E-state index is -3.61. The minimum absolute atomic E-state index is 0. The molecule has 0 aromatic heterocycles. The van der Waals surface area contributed by atoms with E-state index in [9.17, 15) is 13.2 Å². The van der Waals surface area contributed by atoms with E-state index in [2.05, 4.69) is 4.74 Å². The topological polar surface area (TPSA) is 89.7 Å². The van der Waals surface area contributed by atoms with Gasteiger partial charge in [-0.05, 0) is 42.9 Å². The van der Waals surface area contributed by atoms with E-state index >= 15 is 0 Å². The van der Waals surface area contributed by atoms with Crippen molar-refractivity contribution in [1.82, 2.24) is 4.31 Å². The number of nitrogens with zero attached hydrogens (tertiary/aromatic N) is 1. The zero-order valence-electron chi connectivity index (χ0n) is 13.6. The molecule has 1 heterocycles. The van der Waals surface area contributed by atoms with E-state index in [0.29, 0.717) is 19.0 Å². The smallest absolute Gasteiger partial charge is 0.337 e. The lowest BCUT2D eigenvalue weighted by Gasteiger charge is -2.29. The van der Waals surface area contributed by atoms with Crippen LogP contribution in [0.25, 0.3) is 0 Å². The number of esters is 1. The van der Waals surface area contributed by atoms with Crippen LogP contribution in [0, 0.1) is 11.8 Å². The SMILES string of the molecule is COC(=O)c1cccc(S(=O)(=O)N2CC3CCCC(N)C3C2)c1.Cl. The molecule has 1 saturated carbocycles. The molecule has 3 unspecified atom stereocenters. The number of benzene rings is 1. The fourth-order valence-electron chi connectivity index (χ4n) is 3.72. The predicted octanol–water partition coefficient (Wildman–Crippen LogP) is 1.64. The molecule has 1 aliphatic heterocycles. The fourth-order valence-corrected chi connectivity index (χ4v) is 5.30. The lowest BCUT2D eigenvalue weighted by atomic mass is 9.78. The minimum Gasteiger partial charge on any atom is -0.465 e. The summed E-state index contributed by atoms with van der Waals surface area (Å²) in [6, 6.07) is 6.08. The molecular weight excluding hydrogens is 352 g/mol. The Morgan fingerprint density at radius 2 is 2.04 bits per heavy atom. The van der Waals surface area contributed by atoms with E-state index in [0.717, 1.165) is 19.3 Å². The Morgan fingerprint density at radius 3 is 2.71 bits per heavy atom. The molecule has 1 saturated heterocycles. The summed E-state index contributed by atoms with van der Waals surface area (Å²) in [6.07, 6.45) is 3.06. The molecule has 24 heavy (non-hydrogen) atoms. The summed E-state index contributed by atoms with van der Waals surface area (Å²) in [5.41, 5.74) is 6.40. The van der Waals surface area contributed by atoms with E-state index in [1.165, 1.54) is 23.5 Å². The van der Waals surface area contributed by atoms with Crippen LogP contribution in [0.3, 0.4) is 0 Å². The number of carbonyl (C=O) groups is 1. The monoisotopic (exact) mass is 374 g/mol. The van der Waals surface area contributed by atoms with Crippen LogP contribution in [-0.4, -0.2) is 44.9 Å². The highest BCUT2D eigenvalue weighted by Gasteiger charge is 2.43. The average Bonchev–Trinajstić information content (AvgIpc) is 3.01. The van der Waals surface area contributed by atoms with Gasteiger partial charge in [0, 0.05) is 19.1 Å². The molecule has 2 fully saturated rings. The van der Waals surface area contributed by atoms with Gasteiger partial charge in [-0.1, -0.05) is 12.5 Å². The summed E-state index contributed by atoms with van der Waals surface area (Å²) in [5.74, 6) is 0.0405. The first kappa shape index (κ1) is 19.2. The first-order chi connectivity index (χ1) is 10.9. The number of halogens is 1. The van der Waals surface area contributed by atoms with Crippen LogP contribution in [0.4, 0.5) is 0 Å². The summed E-state index contributed by atoms with van der Waals surface area (Å²) in [7, 11) is -2.34. The first-order valence-electron chi connectivity index (χ1n) is 7.87. The molecule has 6 nitrogen and oxygen atoms in total. The number of carbonyl (C=O) groups excluding carboxylic acids is 1. The van der Waals surface area contributed by atoms with Crippen molar-refractivity contribution in [1.29, 1.82) is 0 Å². The van der Waals surface area contributed by atoms with Crippen LogP contribution in [0.2, 0.25) is 0 Å². The van der Waals surface area contributed by atoms with Gasteiger partial charge in [-0.2, -0.15) is 4.31 Å². The van der Waals surface area contributed by atoms with E-state index in [-0.39, 0.29) is 34.8 Å². The van der Waals surface area contributed by atoms with Crippen molar-refractivity contribution in [2.24, 2.45) is 17.6 Å². The fraction of sp³-hybridized carbons (Fsp3) is 0.562. The Kier molecular flexibility index (Phi) is 5.91. The Bertz CT molecular complexity index is 710. The molecule has 1 aromatic rings. The Labute approximate surface area is 148 Å². The molecule has 0 bridgehead atoms. The molecule has 1 aromatic carbocycles. The van der Waals surface area contributed by atoms with E-state index in [1.807, 2.05) is 0 Å². The number of nitrogens with two attached hydrogens (primary N) is 1. The number of hydrogen-bond acceptors (Lipinski definition) is 5. The molecule has 1 aliphatic carbocycles. The lowest BCUT2D eigenvalue weighted by molar-refractivity contribution is 0.0600. The van der Waals surface area contributed by atoms with Gasteiger partial charge in [0.25, 0.3) is 0 Å². The number of methoxy groups -OCH3 is 1. The summed E-state index contributed by atoms with van der Waals surface area (Å²) in [4.78, 5) is 11.7. The molecule has 3 rings (SSSR count). The van der Waals surface area contributed by atoms with Gasteiger partial charge >= 0.3 is 5.97 Å². The maximum Gasteiger partial charge on any atom is 0.337 e. The molecule has 0 amide bonds. The van der Waals surface area contributed by atoms with Gasteiger partial charge in [-0.25, -0.2) is 13.2 Å². The maximum absolute atomic E-state index is 12.9. The largest absolute Gasteiger partial charge is 0.465 e. The zero-order chi connectivity index (χ0) is 16.6. The van der Waals surface area contributed by atoms with Crippen molar-refractivity contribution >= 4 is 28.4 Å². The number of sulfonamides is 1. The van der Waals surface area contributed by atoms with E-state index < -0.39 is 16.0 Å². The zero-order valence-corrected chi connectivity index (χ0v) is 15.2. The molecule has 2 aliphatic rings. The van der Waals surface area contributed by atoms with Gasteiger partial charge in [-0.15, -0.1) is 12.4 Å². The standard InChI is InChI=1S/C16H22N2O4S.ClH/c1-22-16(19)11-4-2-6-13(8-11)23(20,21)18-9-12-5-3-7-15(17)14(12)10-18;/h2,4,6,8,12,14-15H,3,5,7,9-10,17H2,1H3;1H. The molecule has 8 heteroatoms. The van der Waals surface area contributed by atoms with Crippen molar-refractivity contribution in [3.05, 3.63) is 29.8 Å². The first-order valence-corrected chi connectivity index (χ1v) is 9.31. The van der Waals surface area contributed by atoms with Gasteiger partial charge in [0.2, 0.25) is 10.0 Å². The third kappa shape index (κ3) is 3.44. The van der Waals surface area contributed by atoms with Gasteiger partial charge in [0.05, 0.1) is 17.6 Å². The lowest BCUT2D eigenvalue weighted by Crippen LogP contribution is -2.38. The summed E-state index contributed by atoms with van der Waals surface area (Å²) >= 11 is 0. The van der Waals surface area contributed by atoms with Crippen molar-refractivity contribution in [2.75, 3.05) is 20.2 Å². The van der Waals surface area contributed by atoms with Crippen LogP contribution in [0.1, 0.15) is 29.6 Å². The van der Waals surface area contributed by atoms with Crippen molar-refractivity contribution in [3.8, 4) is 0 Å². The summed E-state index contributed by atoms with van der Waals surface area (Å²) in [5, 5.41) is 0. The van der Waals surface area contributed by atoms with Gasteiger partial charge in [-0.3, -0.25) is 0 Å². The highest BCUT2D eigenvalue weighted by atomic mass is 35.5. The summed E-state index contributed by atoms with van der Waals surface area (Å²) in [6.45, 7) is 0.986. The van der Waals surface area contributed by atoms with Crippen molar-refractivity contribution in [3.63, 3.8) is 0 Å². The van der Waals surface area contributed by atoms with E-state index in [1.54, 1.807) is 12.1 Å². The molecule has 0 radical (unpaired) electrons. The van der Waals surface area contributed by atoms with Crippen molar-refractivity contribution in [2.45, 2.75) is 30.2 Å². The maximum atomic E-state index is 12.9. The highest BCUT2D eigenvalue weighted by Crippen LogP contribution is 2.37. The van der Waals surface area contributed by atoms with Gasteiger partial charge in [0.1, 0.15) is 0 Å². The normalized spacial score (nSPS) is 27.2. The highest BCUT2D eigenvalue weighted by molar-refractivity contribution is 7.89. The Hall–Kier alpha value is -1.15. The number of ether oxygens (including phenoxy) is 1. The second-order valence-corrected chi connectivity index (χ2v) is 8.30. The van der Waals surface area contributed by atoms with E-state index in [4.69, 9.17) is 5.73 Å². The van der Waals surface area contributed by atoms with Gasteiger partial charge < -0.3 is 10.5 Å². The Balaban J connectivity index is 0.00000208. The number of hydrogen-bond donors (Lipinski definition) is 1. The van der Waals surface area contributed by atoms with Gasteiger partial charge in [0.15, 0.2) is 0 Å². The second kappa shape index (κ2) is 7.39. The predicted molar refractivity (Wildman–Crippen MR) is 92.6 cm³/mol. The van der Waals surface area contributed by atoms with Crippen LogP contribution in [0.5, 0.6) is 0 Å². The quantitative estimate of drug-likeness (QED) is 0.812. The van der Waals surface area contributed by atoms with Crippen LogP contribution in [0.15, 0.2) is 29.2 Å². The molecule has 0 spiro atoms. The molecule has 3 atom stereocenters. The van der Waals surface area contributed by atoms with Crippen LogP contribution >= 0.6 is 12.4 Å². The van der Waals surface area contributed by atoms with Crippen LogP contribution < -0.4 is 5.73 Å². The molecular formula is C16H23ClN2O4S. The average molecular weight is 375 g/mol. The third-order valence-corrected chi connectivity index (χ3v) is 6.84. The Morgan fingerprint density at radius 1 is 1.29 bits per heavy atom. The number of rotatable bonds is 3.